The summed E-state index contributed by atoms with van der Waals surface area (Å²) >= 11 is 0. The van der Waals surface area contributed by atoms with Crippen LogP contribution in [0.5, 0.6) is 5.75 Å². The number of rotatable bonds is 7. The second-order valence-electron chi connectivity index (χ2n) is 8.10. The fourth-order valence-electron chi connectivity index (χ4n) is 4.21. The van der Waals surface area contributed by atoms with Gasteiger partial charge in [0, 0.05) is 54.7 Å². The number of fused-ring (bicyclic) bond motifs is 1. The molecule has 0 unspecified atom stereocenters. The summed E-state index contributed by atoms with van der Waals surface area (Å²) < 4.78 is 5.98. The van der Waals surface area contributed by atoms with E-state index in [1.54, 1.807) is 0 Å². The normalized spacial score (nSPS) is 15.9. The smallest absolute Gasteiger partial charge is 0.254 e. The van der Waals surface area contributed by atoms with Crippen molar-refractivity contribution in [1.82, 2.24) is 15.5 Å². The molecular weight excluding hydrogens is 429 g/mol. The first-order chi connectivity index (χ1) is 14.4. The Hall–Kier alpha value is -2.15. The van der Waals surface area contributed by atoms with E-state index in [1.807, 2.05) is 42.2 Å². The van der Waals surface area contributed by atoms with E-state index in [4.69, 9.17) is 4.74 Å². The van der Waals surface area contributed by atoms with Crippen molar-refractivity contribution in [1.29, 1.82) is 0 Å². The van der Waals surface area contributed by atoms with Crippen molar-refractivity contribution >= 4 is 22.6 Å². The standard InChI is InChI=1S/C24H32N3O3.V/c1-16(2)27(19-8-7-11-25-15-19)24(29)22-14-23(30-13-12-26-18(4)28)21-10-6-5-9-20(21)17(22)3;/h5-6,9-10,14,16,19,25H,4,7-8,11-13,15H2,1-3H3,(H,26,28);/q-1;/t19-;/m1./s1. The SMILES string of the molecule is [CH2-]C(=O)NCCOc1cc(C(=O)N(C(C)C)[C@@H]2CCCNC2)c(C)c2ccccc12.[V]. The number of carbonyl (C=O) groups is 2. The first-order valence-electron chi connectivity index (χ1n) is 10.7. The minimum Gasteiger partial charge on any atom is -0.491 e. The second-order valence-corrected chi connectivity index (χ2v) is 8.10. The Morgan fingerprint density at radius 3 is 2.61 bits per heavy atom. The van der Waals surface area contributed by atoms with Crippen LogP contribution in [0.3, 0.4) is 0 Å². The van der Waals surface area contributed by atoms with Crippen LogP contribution < -0.4 is 15.4 Å². The number of aryl methyl sites for hydroxylation is 1. The summed E-state index contributed by atoms with van der Waals surface area (Å²) in [5.74, 6) is 0.359. The molecule has 1 atom stereocenters. The van der Waals surface area contributed by atoms with Crippen LogP contribution in [0.4, 0.5) is 0 Å². The summed E-state index contributed by atoms with van der Waals surface area (Å²) in [6.45, 7) is 11.9. The predicted molar refractivity (Wildman–Crippen MR) is 120 cm³/mol. The Morgan fingerprint density at radius 2 is 2.00 bits per heavy atom. The molecule has 1 aliphatic rings. The monoisotopic (exact) mass is 461 g/mol. The van der Waals surface area contributed by atoms with Crippen LogP contribution in [0, 0.1) is 13.8 Å². The van der Waals surface area contributed by atoms with Crippen molar-refractivity contribution in [2.45, 2.75) is 45.7 Å². The number of nitrogens with one attached hydrogen (secondary N) is 2. The van der Waals surface area contributed by atoms with Gasteiger partial charge in [0.05, 0.1) is 5.91 Å². The molecule has 0 spiro atoms. The molecule has 167 valence electrons. The van der Waals surface area contributed by atoms with Gasteiger partial charge in [0.2, 0.25) is 0 Å². The minimum absolute atomic E-state index is 0. The third kappa shape index (κ3) is 5.97. The van der Waals surface area contributed by atoms with Gasteiger partial charge in [-0.25, -0.2) is 0 Å². The summed E-state index contributed by atoms with van der Waals surface area (Å²) in [4.78, 5) is 26.7. The van der Waals surface area contributed by atoms with Gasteiger partial charge in [-0.2, -0.15) is 0 Å². The van der Waals surface area contributed by atoms with E-state index < -0.39 is 0 Å². The molecular formula is C24H32N3O3V-. The van der Waals surface area contributed by atoms with Crippen molar-refractivity contribution in [3.63, 3.8) is 0 Å². The molecule has 7 heteroatoms. The third-order valence-electron chi connectivity index (χ3n) is 5.64. The van der Waals surface area contributed by atoms with Gasteiger partial charge in [-0.3, -0.25) is 4.79 Å². The van der Waals surface area contributed by atoms with Crippen LogP contribution in [0.15, 0.2) is 30.3 Å². The Labute approximate surface area is 197 Å². The van der Waals surface area contributed by atoms with Crippen molar-refractivity contribution < 1.29 is 32.9 Å². The maximum atomic E-state index is 13.7. The van der Waals surface area contributed by atoms with E-state index in [0.29, 0.717) is 24.5 Å². The zero-order valence-electron chi connectivity index (χ0n) is 18.6. The van der Waals surface area contributed by atoms with E-state index in [1.165, 1.54) is 0 Å². The first kappa shape index (κ1) is 25.1. The van der Waals surface area contributed by atoms with Crippen LogP contribution in [-0.2, 0) is 23.4 Å². The van der Waals surface area contributed by atoms with Crippen LogP contribution in [0.1, 0.15) is 42.6 Å². The maximum absolute atomic E-state index is 13.7. The number of benzene rings is 2. The van der Waals surface area contributed by atoms with Crippen molar-refractivity contribution in [3.8, 4) is 5.75 Å². The van der Waals surface area contributed by atoms with E-state index >= 15 is 0 Å². The van der Waals surface area contributed by atoms with Gasteiger partial charge in [0.25, 0.3) is 5.91 Å². The van der Waals surface area contributed by atoms with Crippen molar-refractivity contribution in [3.05, 3.63) is 48.4 Å². The number of hydrogen-bond donors (Lipinski definition) is 2. The number of ether oxygens (including phenoxy) is 1. The molecule has 1 radical (unpaired) electrons. The number of piperidine rings is 1. The third-order valence-corrected chi connectivity index (χ3v) is 5.64. The van der Waals surface area contributed by atoms with Crippen LogP contribution in [-0.4, -0.2) is 55.0 Å². The second kappa shape index (κ2) is 11.5. The Bertz CT molecular complexity index is 910. The zero-order valence-corrected chi connectivity index (χ0v) is 20.0. The molecule has 1 aliphatic heterocycles. The summed E-state index contributed by atoms with van der Waals surface area (Å²) in [7, 11) is 0. The topological polar surface area (TPSA) is 70.7 Å². The van der Waals surface area contributed by atoms with Crippen molar-refractivity contribution in [2.24, 2.45) is 0 Å². The summed E-state index contributed by atoms with van der Waals surface area (Å²) in [5, 5.41) is 8.01. The van der Waals surface area contributed by atoms with Gasteiger partial charge in [0.15, 0.2) is 0 Å². The fraction of sp³-hybridized carbons (Fsp3) is 0.458. The van der Waals surface area contributed by atoms with Gasteiger partial charge in [-0.05, 0) is 57.2 Å². The first-order valence-corrected chi connectivity index (χ1v) is 10.7. The molecule has 0 bridgehead atoms. The molecule has 0 aliphatic carbocycles. The number of nitrogens with zero attached hydrogens (tertiary/aromatic N) is 1. The number of amides is 2. The molecule has 3 rings (SSSR count). The molecule has 1 saturated heterocycles. The predicted octanol–water partition coefficient (Wildman–Crippen LogP) is 3.08. The van der Waals surface area contributed by atoms with Gasteiger partial charge >= 0.3 is 0 Å². The molecule has 2 aromatic rings. The average Bonchev–Trinajstić information content (AvgIpc) is 2.73. The molecule has 6 nitrogen and oxygen atoms in total. The maximum Gasteiger partial charge on any atom is 0.254 e. The number of carbonyl (C=O) groups excluding carboxylic acids is 2. The largest absolute Gasteiger partial charge is 0.491 e. The van der Waals surface area contributed by atoms with E-state index in [-0.39, 0.29) is 42.5 Å². The fourth-order valence-corrected chi connectivity index (χ4v) is 4.21. The van der Waals surface area contributed by atoms with Crippen molar-refractivity contribution in [2.75, 3.05) is 26.2 Å². The van der Waals surface area contributed by atoms with E-state index in [9.17, 15) is 9.59 Å². The van der Waals surface area contributed by atoms with E-state index in [2.05, 4.69) is 31.4 Å². The molecule has 31 heavy (non-hydrogen) atoms. The van der Waals surface area contributed by atoms with Gasteiger partial charge in [-0.1, -0.05) is 24.3 Å². The Morgan fingerprint density at radius 1 is 1.29 bits per heavy atom. The molecule has 0 aromatic heterocycles. The Kier molecular flexibility index (Phi) is 9.29. The molecule has 1 fully saturated rings. The molecule has 2 aromatic carbocycles. The van der Waals surface area contributed by atoms with Gasteiger partial charge in [-0.15, -0.1) is 0 Å². The van der Waals surface area contributed by atoms with Crippen LogP contribution in [0.25, 0.3) is 10.8 Å². The zero-order chi connectivity index (χ0) is 21.7. The summed E-state index contributed by atoms with van der Waals surface area (Å²) in [5.41, 5.74) is 1.63. The quantitative estimate of drug-likeness (QED) is 0.491. The summed E-state index contributed by atoms with van der Waals surface area (Å²) in [6, 6.07) is 10.1. The van der Waals surface area contributed by atoms with E-state index in [0.717, 1.165) is 42.3 Å². The van der Waals surface area contributed by atoms with Crippen LogP contribution in [0.2, 0.25) is 0 Å². The number of hydrogen-bond acceptors (Lipinski definition) is 4. The molecule has 1 heterocycles. The van der Waals surface area contributed by atoms with Gasteiger partial charge in [0.1, 0.15) is 12.4 Å². The average molecular weight is 461 g/mol. The van der Waals surface area contributed by atoms with Gasteiger partial charge < -0.3 is 32.0 Å². The Balaban J connectivity index is 0.00000341. The molecule has 0 saturated carbocycles. The molecule has 2 N–H and O–H groups in total. The molecule has 2 amide bonds. The summed E-state index contributed by atoms with van der Waals surface area (Å²) in [6.07, 6.45) is 2.09. The minimum atomic E-state index is -0.336. The van der Waals surface area contributed by atoms with Crippen LogP contribution >= 0.6 is 0 Å².